The molecule has 0 radical (unpaired) electrons. The van der Waals surface area contributed by atoms with Crippen LogP contribution in [0, 0.1) is 0 Å². The molecule has 37 heavy (non-hydrogen) atoms. The number of nitrogens with zero attached hydrogens (tertiary/aromatic N) is 2. The Morgan fingerprint density at radius 3 is 2.14 bits per heavy atom. The molecule has 8 nitrogen and oxygen atoms in total. The molecule has 0 fully saturated rings. The number of anilines is 1. The Morgan fingerprint density at radius 2 is 1.59 bits per heavy atom. The number of nitrogens with one attached hydrogen (secondary N) is 1. The molecular weight excluding hydrogens is 582 g/mol. The molecule has 1 N–H and O–H groups in total. The standard InChI is InChI=1S/C26H27BrClN3O5S/c1-18(26(33)29-2)30(16-19-4-6-20(27)7-5-19)25(32)17-31(22-10-8-21(28)9-11-22)37(34,35)24-14-12-23(36-3)13-15-24/h4-15,18H,16-17H2,1-3H3,(H,29,33)/t18-/m1/s1. The lowest BCUT2D eigenvalue weighted by Gasteiger charge is -2.31. The number of ether oxygens (including phenoxy) is 1. The number of likely N-dealkylation sites (N-methyl/N-ethyl adjacent to an activating group) is 1. The van der Waals surface area contributed by atoms with E-state index in [-0.39, 0.29) is 23.0 Å². The van der Waals surface area contributed by atoms with E-state index in [9.17, 15) is 18.0 Å². The van der Waals surface area contributed by atoms with Crippen LogP contribution in [-0.4, -0.2) is 51.9 Å². The quantitative estimate of drug-likeness (QED) is 0.367. The first-order valence-corrected chi connectivity index (χ1v) is 13.9. The summed E-state index contributed by atoms with van der Waals surface area (Å²) in [7, 11) is -1.21. The molecule has 3 aromatic carbocycles. The minimum atomic E-state index is -4.17. The molecule has 0 aromatic heterocycles. The Hall–Kier alpha value is -3.08. The lowest BCUT2D eigenvalue weighted by Crippen LogP contribution is -2.50. The van der Waals surface area contributed by atoms with Crippen LogP contribution < -0.4 is 14.4 Å². The van der Waals surface area contributed by atoms with Crippen LogP contribution in [0.4, 0.5) is 5.69 Å². The summed E-state index contributed by atoms with van der Waals surface area (Å²) in [5, 5.41) is 2.97. The van der Waals surface area contributed by atoms with E-state index < -0.39 is 28.5 Å². The first-order valence-electron chi connectivity index (χ1n) is 11.2. The van der Waals surface area contributed by atoms with Crippen LogP contribution in [0.2, 0.25) is 5.02 Å². The van der Waals surface area contributed by atoms with Gasteiger partial charge in [0.25, 0.3) is 10.0 Å². The van der Waals surface area contributed by atoms with Gasteiger partial charge in [0.2, 0.25) is 11.8 Å². The zero-order chi connectivity index (χ0) is 27.2. The third-order valence-electron chi connectivity index (χ3n) is 5.72. The van der Waals surface area contributed by atoms with Gasteiger partial charge in [0.05, 0.1) is 17.7 Å². The number of halogens is 2. The Balaban J connectivity index is 2.01. The lowest BCUT2D eigenvalue weighted by atomic mass is 10.1. The van der Waals surface area contributed by atoms with Crippen molar-refractivity contribution in [2.75, 3.05) is 25.0 Å². The molecule has 0 aliphatic heterocycles. The molecule has 0 saturated heterocycles. The van der Waals surface area contributed by atoms with Gasteiger partial charge in [-0.05, 0) is 73.2 Å². The third-order valence-corrected chi connectivity index (χ3v) is 8.29. The number of amides is 2. The van der Waals surface area contributed by atoms with Gasteiger partial charge in [-0.15, -0.1) is 0 Å². The summed E-state index contributed by atoms with van der Waals surface area (Å²) in [6.45, 7) is 1.17. The van der Waals surface area contributed by atoms with Gasteiger partial charge < -0.3 is 15.0 Å². The van der Waals surface area contributed by atoms with E-state index in [0.717, 1.165) is 14.3 Å². The van der Waals surface area contributed by atoms with Crippen LogP contribution in [0.25, 0.3) is 0 Å². The molecule has 0 aliphatic rings. The SMILES string of the molecule is CNC(=O)[C@@H](C)N(Cc1ccc(Br)cc1)C(=O)CN(c1ccc(Cl)cc1)S(=O)(=O)c1ccc(OC)cc1. The molecule has 0 unspecified atom stereocenters. The highest BCUT2D eigenvalue weighted by Gasteiger charge is 2.32. The largest absolute Gasteiger partial charge is 0.497 e. The molecule has 0 aliphatic carbocycles. The second kappa shape index (κ2) is 12.4. The van der Waals surface area contributed by atoms with Gasteiger partial charge in [0.1, 0.15) is 18.3 Å². The zero-order valence-corrected chi connectivity index (χ0v) is 23.7. The van der Waals surface area contributed by atoms with E-state index in [0.29, 0.717) is 10.8 Å². The number of hydrogen-bond donors (Lipinski definition) is 1. The second-order valence-electron chi connectivity index (χ2n) is 8.10. The van der Waals surface area contributed by atoms with Crippen LogP contribution in [0.1, 0.15) is 12.5 Å². The predicted molar refractivity (Wildman–Crippen MR) is 147 cm³/mol. The van der Waals surface area contributed by atoms with Crippen LogP contribution in [-0.2, 0) is 26.2 Å². The van der Waals surface area contributed by atoms with Gasteiger partial charge in [-0.3, -0.25) is 13.9 Å². The van der Waals surface area contributed by atoms with Crippen molar-refractivity contribution in [3.63, 3.8) is 0 Å². The minimum Gasteiger partial charge on any atom is -0.497 e. The van der Waals surface area contributed by atoms with Crippen LogP contribution in [0.3, 0.4) is 0 Å². The van der Waals surface area contributed by atoms with E-state index >= 15 is 0 Å². The highest BCUT2D eigenvalue weighted by Crippen LogP contribution is 2.27. The molecule has 2 amide bonds. The summed E-state index contributed by atoms with van der Waals surface area (Å²) < 4.78 is 34.5. The summed E-state index contributed by atoms with van der Waals surface area (Å²) in [5.41, 5.74) is 1.04. The van der Waals surface area contributed by atoms with Crippen molar-refractivity contribution in [1.29, 1.82) is 0 Å². The maximum Gasteiger partial charge on any atom is 0.264 e. The van der Waals surface area contributed by atoms with E-state index in [2.05, 4.69) is 21.2 Å². The number of benzene rings is 3. The predicted octanol–water partition coefficient (Wildman–Crippen LogP) is 4.47. The van der Waals surface area contributed by atoms with Crippen molar-refractivity contribution in [2.24, 2.45) is 0 Å². The van der Waals surface area contributed by atoms with Gasteiger partial charge in [-0.2, -0.15) is 0 Å². The van der Waals surface area contributed by atoms with Gasteiger partial charge in [0, 0.05) is 23.1 Å². The van der Waals surface area contributed by atoms with Crippen molar-refractivity contribution >= 4 is 55.1 Å². The molecule has 0 bridgehead atoms. The van der Waals surface area contributed by atoms with Crippen molar-refractivity contribution in [2.45, 2.75) is 24.4 Å². The molecule has 0 heterocycles. The lowest BCUT2D eigenvalue weighted by molar-refractivity contribution is -0.139. The number of methoxy groups -OCH3 is 1. The fraction of sp³-hybridized carbons (Fsp3) is 0.231. The summed E-state index contributed by atoms with van der Waals surface area (Å²) in [5.74, 6) is -0.430. The molecule has 0 spiro atoms. The van der Waals surface area contributed by atoms with E-state index in [1.54, 1.807) is 19.1 Å². The number of sulfonamides is 1. The first kappa shape index (κ1) is 28.5. The molecule has 3 rings (SSSR count). The Bertz CT molecular complexity index is 1330. The van der Waals surface area contributed by atoms with Gasteiger partial charge >= 0.3 is 0 Å². The average molecular weight is 609 g/mol. The summed E-state index contributed by atoms with van der Waals surface area (Å²) >= 11 is 9.41. The van der Waals surface area contributed by atoms with Gasteiger partial charge in [0.15, 0.2) is 0 Å². The van der Waals surface area contributed by atoms with Crippen LogP contribution in [0.5, 0.6) is 5.75 Å². The topological polar surface area (TPSA) is 96.0 Å². The minimum absolute atomic E-state index is 0.0186. The van der Waals surface area contributed by atoms with E-state index in [4.69, 9.17) is 16.3 Å². The normalized spacial score (nSPS) is 11.9. The number of carbonyl (C=O) groups excluding carboxylic acids is 2. The summed E-state index contributed by atoms with van der Waals surface area (Å²) in [6.07, 6.45) is 0. The van der Waals surface area contributed by atoms with Crippen molar-refractivity contribution in [1.82, 2.24) is 10.2 Å². The molecular formula is C26H27BrClN3O5S. The average Bonchev–Trinajstić information content (AvgIpc) is 2.91. The van der Waals surface area contributed by atoms with Crippen molar-refractivity contribution < 1.29 is 22.7 Å². The molecule has 11 heteroatoms. The fourth-order valence-electron chi connectivity index (χ4n) is 3.59. The van der Waals surface area contributed by atoms with Crippen molar-refractivity contribution in [3.05, 3.63) is 87.9 Å². The maximum atomic E-state index is 13.7. The monoisotopic (exact) mass is 607 g/mol. The number of hydrogen-bond acceptors (Lipinski definition) is 5. The highest BCUT2D eigenvalue weighted by molar-refractivity contribution is 9.10. The summed E-state index contributed by atoms with van der Waals surface area (Å²) in [6, 6.07) is 18.5. The number of carbonyl (C=O) groups is 2. The fourth-order valence-corrected chi connectivity index (χ4v) is 5.39. The van der Waals surface area contributed by atoms with Gasteiger partial charge in [-0.1, -0.05) is 39.7 Å². The molecule has 0 saturated carbocycles. The number of rotatable bonds is 10. The highest BCUT2D eigenvalue weighted by atomic mass is 79.9. The van der Waals surface area contributed by atoms with E-state index in [1.807, 2.05) is 24.3 Å². The smallest absolute Gasteiger partial charge is 0.264 e. The first-order chi connectivity index (χ1) is 17.6. The molecule has 1 atom stereocenters. The third kappa shape index (κ3) is 7.03. The van der Waals surface area contributed by atoms with Crippen LogP contribution in [0.15, 0.2) is 82.2 Å². The summed E-state index contributed by atoms with van der Waals surface area (Å²) in [4.78, 5) is 27.5. The molecule has 196 valence electrons. The Morgan fingerprint density at radius 1 is 1.00 bits per heavy atom. The second-order valence-corrected chi connectivity index (χ2v) is 11.3. The maximum absolute atomic E-state index is 13.7. The van der Waals surface area contributed by atoms with E-state index in [1.165, 1.54) is 55.5 Å². The van der Waals surface area contributed by atoms with Gasteiger partial charge in [-0.25, -0.2) is 8.42 Å². The molecule has 3 aromatic rings. The zero-order valence-electron chi connectivity index (χ0n) is 20.5. The Labute approximate surface area is 230 Å². The Kier molecular flexibility index (Phi) is 9.58. The van der Waals surface area contributed by atoms with Crippen molar-refractivity contribution in [3.8, 4) is 5.75 Å². The van der Waals surface area contributed by atoms with Crippen LogP contribution >= 0.6 is 27.5 Å².